The third-order valence-electron chi connectivity index (χ3n) is 8.51. The molecule has 4 aromatic carbocycles. The Labute approximate surface area is 287 Å². The molecule has 4 aromatic rings. The molecule has 49 heavy (non-hydrogen) atoms. The molecule has 0 atom stereocenters. The largest absolute Gasteiger partial charge is 0.481 e. The maximum absolute atomic E-state index is 12.3. The first-order chi connectivity index (χ1) is 23.9. The van der Waals surface area contributed by atoms with Crippen molar-refractivity contribution in [1.29, 1.82) is 0 Å². The normalized spacial score (nSPS) is 15.3. The molecule has 2 saturated heterocycles. The second kappa shape index (κ2) is 18.4. The molecule has 4 N–H and O–H groups in total. The Morgan fingerprint density at radius 3 is 1.53 bits per heavy atom. The minimum atomic E-state index is -0.787. The number of aliphatic carboxylic acids is 1. The van der Waals surface area contributed by atoms with Gasteiger partial charge in [-0.25, -0.2) is 9.59 Å². The van der Waals surface area contributed by atoms with Crippen LogP contribution < -0.4 is 16.0 Å². The van der Waals surface area contributed by atoms with Crippen LogP contribution in [0.1, 0.15) is 32.1 Å². The Hall–Kier alpha value is -5.19. The van der Waals surface area contributed by atoms with Gasteiger partial charge in [-0.05, 0) is 62.0 Å². The smallest absolute Gasteiger partial charge is 0.411 e. The van der Waals surface area contributed by atoms with Crippen LogP contribution in [0.25, 0.3) is 22.3 Å². The van der Waals surface area contributed by atoms with E-state index < -0.39 is 12.1 Å². The summed E-state index contributed by atoms with van der Waals surface area (Å²) >= 11 is 0. The second-order valence-corrected chi connectivity index (χ2v) is 12.0. The van der Waals surface area contributed by atoms with Crippen molar-refractivity contribution < 1.29 is 29.0 Å². The van der Waals surface area contributed by atoms with Crippen molar-refractivity contribution in [3.8, 4) is 22.3 Å². The van der Waals surface area contributed by atoms with E-state index in [-0.39, 0.29) is 24.7 Å². The number of hydrogen-bond donors (Lipinski definition) is 4. The monoisotopic (exact) mass is 664 g/mol. The molecule has 0 bridgehead atoms. The SMILES string of the molecule is O=C(Nc1ccccc1-c1ccccc1)OC1CCNCC1.O=C(O)CCN1CCC(OC(=O)Nc2ccccc2-c2ccccc2)CC1. The number of carbonyl (C=O) groups is 3. The number of para-hydroxylation sites is 2. The fourth-order valence-electron chi connectivity index (χ4n) is 5.92. The number of nitrogens with zero attached hydrogens (tertiary/aromatic N) is 1. The summed E-state index contributed by atoms with van der Waals surface area (Å²) in [4.78, 5) is 37.2. The summed E-state index contributed by atoms with van der Waals surface area (Å²) in [6.45, 7) is 3.83. The molecule has 6 rings (SSSR count). The average molecular weight is 665 g/mol. The summed E-state index contributed by atoms with van der Waals surface area (Å²) in [5.41, 5.74) is 5.52. The van der Waals surface area contributed by atoms with Crippen LogP contribution in [0.4, 0.5) is 21.0 Å². The van der Waals surface area contributed by atoms with E-state index >= 15 is 0 Å². The summed E-state index contributed by atoms with van der Waals surface area (Å²) in [7, 11) is 0. The lowest BCUT2D eigenvalue weighted by Crippen LogP contribution is -2.39. The van der Waals surface area contributed by atoms with Gasteiger partial charge in [0.25, 0.3) is 0 Å². The van der Waals surface area contributed by atoms with Crippen molar-refractivity contribution in [1.82, 2.24) is 10.2 Å². The third-order valence-corrected chi connectivity index (χ3v) is 8.51. The van der Waals surface area contributed by atoms with Crippen LogP contribution in [0.2, 0.25) is 0 Å². The topological polar surface area (TPSA) is 129 Å². The lowest BCUT2D eigenvalue weighted by molar-refractivity contribution is -0.137. The van der Waals surface area contributed by atoms with E-state index in [0.29, 0.717) is 25.1 Å². The Morgan fingerprint density at radius 1 is 0.633 bits per heavy atom. The van der Waals surface area contributed by atoms with Gasteiger partial charge in [-0.1, -0.05) is 97.1 Å². The molecule has 256 valence electrons. The van der Waals surface area contributed by atoms with Gasteiger partial charge >= 0.3 is 18.2 Å². The highest BCUT2D eigenvalue weighted by molar-refractivity contribution is 5.92. The zero-order chi connectivity index (χ0) is 34.3. The average Bonchev–Trinajstić information content (AvgIpc) is 3.13. The number of anilines is 2. The predicted octanol–water partition coefficient (Wildman–Crippen LogP) is 7.50. The van der Waals surface area contributed by atoms with Gasteiger partial charge in [0, 0.05) is 30.8 Å². The summed E-state index contributed by atoms with van der Waals surface area (Å²) in [5.74, 6) is -0.787. The molecule has 2 heterocycles. The van der Waals surface area contributed by atoms with E-state index in [9.17, 15) is 14.4 Å². The minimum Gasteiger partial charge on any atom is -0.481 e. The first-order valence-corrected chi connectivity index (χ1v) is 16.8. The Morgan fingerprint density at radius 2 is 1.06 bits per heavy atom. The molecule has 0 aliphatic carbocycles. The molecule has 10 heteroatoms. The second-order valence-electron chi connectivity index (χ2n) is 12.0. The highest BCUT2D eigenvalue weighted by atomic mass is 16.6. The van der Waals surface area contributed by atoms with Gasteiger partial charge in [0.05, 0.1) is 17.8 Å². The van der Waals surface area contributed by atoms with E-state index in [2.05, 4.69) is 20.9 Å². The van der Waals surface area contributed by atoms with Crippen LogP contribution in [0.15, 0.2) is 109 Å². The van der Waals surface area contributed by atoms with E-state index in [1.54, 1.807) is 0 Å². The van der Waals surface area contributed by atoms with Crippen LogP contribution in [0.3, 0.4) is 0 Å². The molecule has 2 aliphatic heterocycles. The van der Waals surface area contributed by atoms with Gasteiger partial charge in [-0.2, -0.15) is 0 Å². The third kappa shape index (κ3) is 11.2. The van der Waals surface area contributed by atoms with E-state index in [0.717, 1.165) is 67.0 Å². The zero-order valence-corrected chi connectivity index (χ0v) is 27.6. The number of hydrogen-bond acceptors (Lipinski definition) is 7. The number of piperidine rings is 2. The number of ether oxygens (including phenoxy) is 2. The summed E-state index contributed by atoms with van der Waals surface area (Å²) in [6, 6.07) is 35.3. The molecule has 0 radical (unpaired) electrons. The van der Waals surface area contributed by atoms with Crippen molar-refractivity contribution in [2.75, 3.05) is 43.4 Å². The Balaban J connectivity index is 0.000000195. The molecule has 0 aromatic heterocycles. The van der Waals surface area contributed by atoms with Crippen molar-refractivity contribution in [2.24, 2.45) is 0 Å². The zero-order valence-electron chi connectivity index (χ0n) is 27.6. The maximum Gasteiger partial charge on any atom is 0.411 e. The number of likely N-dealkylation sites (tertiary alicyclic amines) is 1. The minimum absolute atomic E-state index is 0.00476. The van der Waals surface area contributed by atoms with Gasteiger partial charge in [-0.3, -0.25) is 15.4 Å². The molecule has 0 spiro atoms. The molecule has 2 aliphatic rings. The highest BCUT2D eigenvalue weighted by Crippen LogP contribution is 2.29. The highest BCUT2D eigenvalue weighted by Gasteiger charge is 2.23. The van der Waals surface area contributed by atoms with E-state index in [4.69, 9.17) is 14.6 Å². The lowest BCUT2D eigenvalue weighted by atomic mass is 10.0. The fraction of sp³-hybridized carbons (Fsp3) is 0.308. The van der Waals surface area contributed by atoms with Crippen molar-refractivity contribution in [3.63, 3.8) is 0 Å². The molecular weight excluding hydrogens is 620 g/mol. The molecule has 2 fully saturated rings. The standard InChI is InChI=1S/C21H24N2O4.C18H20N2O2/c24-20(25)12-15-23-13-10-17(11-14-23)27-21(26)22-19-9-5-4-8-18(19)16-6-2-1-3-7-16;21-18(22-15-10-12-19-13-11-15)20-17-9-5-4-8-16(17)14-6-2-1-3-7-14/h1-9,17H,10-15H2,(H,22,26)(H,24,25);1-9,15,19H,10-13H2,(H,20,21). The Kier molecular flexibility index (Phi) is 13.2. The van der Waals surface area contributed by atoms with Gasteiger partial charge in [0.1, 0.15) is 12.2 Å². The van der Waals surface area contributed by atoms with Crippen LogP contribution in [-0.4, -0.2) is 73.1 Å². The van der Waals surface area contributed by atoms with Gasteiger partial charge in [0.2, 0.25) is 0 Å². The van der Waals surface area contributed by atoms with Crippen LogP contribution in [0.5, 0.6) is 0 Å². The molecule has 2 amide bonds. The number of nitrogens with one attached hydrogen (secondary N) is 3. The van der Waals surface area contributed by atoms with Crippen LogP contribution >= 0.6 is 0 Å². The van der Waals surface area contributed by atoms with Crippen molar-refractivity contribution in [2.45, 2.75) is 44.3 Å². The van der Waals surface area contributed by atoms with Gasteiger partial charge in [0.15, 0.2) is 0 Å². The first kappa shape index (κ1) is 35.1. The van der Waals surface area contributed by atoms with Crippen molar-refractivity contribution in [3.05, 3.63) is 109 Å². The lowest BCUT2D eigenvalue weighted by Gasteiger charge is -2.31. The molecule has 10 nitrogen and oxygen atoms in total. The summed E-state index contributed by atoms with van der Waals surface area (Å²) < 4.78 is 11.1. The van der Waals surface area contributed by atoms with E-state index in [1.807, 2.05) is 109 Å². The fourth-order valence-corrected chi connectivity index (χ4v) is 5.92. The van der Waals surface area contributed by atoms with Crippen LogP contribution in [0, 0.1) is 0 Å². The summed E-state index contributed by atoms with van der Waals surface area (Å²) in [6.07, 6.45) is 2.34. The predicted molar refractivity (Wildman–Crippen MR) is 192 cm³/mol. The number of carbonyl (C=O) groups excluding carboxylic acids is 2. The number of rotatable bonds is 9. The quantitative estimate of drug-likeness (QED) is 0.145. The van der Waals surface area contributed by atoms with Gasteiger partial charge < -0.3 is 24.8 Å². The number of amides is 2. The number of carboxylic acid groups (broad SMARTS) is 1. The van der Waals surface area contributed by atoms with E-state index in [1.165, 1.54) is 0 Å². The molecule has 0 unspecified atom stereocenters. The summed E-state index contributed by atoms with van der Waals surface area (Å²) in [5, 5.41) is 17.7. The Bertz CT molecular complexity index is 1640. The molecule has 0 saturated carbocycles. The first-order valence-electron chi connectivity index (χ1n) is 16.8. The van der Waals surface area contributed by atoms with Crippen molar-refractivity contribution >= 4 is 29.5 Å². The van der Waals surface area contributed by atoms with Crippen LogP contribution in [-0.2, 0) is 14.3 Å². The number of benzene rings is 4. The molecular formula is C39H44N4O6. The number of carboxylic acids is 1. The van der Waals surface area contributed by atoms with Gasteiger partial charge in [-0.15, -0.1) is 0 Å². The maximum atomic E-state index is 12.3.